The lowest BCUT2D eigenvalue weighted by Gasteiger charge is -2.46. The van der Waals surface area contributed by atoms with Crippen molar-refractivity contribution < 1.29 is 4.79 Å². The second kappa shape index (κ2) is 8.52. The van der Waals surface area contributed by atoms with Gasteiger partial charge in [-0.05, 0) is 57.5 Å². The number of aryl methyl sites for hydroxylation is 1. The minimum absolute atomic E-state index is 0.116. The first-order valence-electron chi connectivity index (χ1n) is 12.6. The van der Waals surface area contributed by atoms with Gasteiger partial charge in [-0.15, -0.1) is 10.2 Å². The van der Waals surface area contributed by atoms with Gasteiger partial charge in [-0.25, -0.2) is 0 Å². The molecule has 4 aromatic carbocycles. The van der Waals surface area contributed by atoms with Gasteiger partial charge in [0, 0.05) is 24.1 Å². The van der Waals surface area contributed by atoms with Gasteiger partial charge in [0.1, 0.15) is 0 Å². The highest BCUT2D eigenvalue weighted by atomic mass is 16.2. The Kier molecular flexibility index (Phi) is 4.99. The molecule has 1 aliphatic heterocycles. The van der Waals surface area contributed by atoms with Crippen LogP contribution in [0.25, 0.3) is 22.5 Å². The van der Waals surface area contributed by atoms with Crippen LogP contribution in [0, 0.1) is 0 Å². The van der Waals surface area contributed by atoms with Crippen LogP contribution in [0.15, 0.2) is 97.1 Å². The van der Waals surface area contributed by atoms with E-state index in [1.54, 1.807) is 0 Å². The number of hydrogen-bond acceptors (Lipinski definition) is 4. The maximum Gasteiger partial charge on any atom is 0.255 e. The fourth-order valence-corrected chi connectivity index (χ4v) is 6.17. The molecule has 5 aromatic rings. The van der Waals surface area contributed by atoms with Gasteiger partial charge in [-0.1, -0.05) is 91.0 Å². The molecule has 7 rings (SSSR count). The zero-order chi connectivity index (χ0) is 24.8. The van der Waals surface area contributed by atoms with Crippen LogP contribution in [0.1, 0.15) is 39.0 Å². The van der Waals surface area contributed by atoms with E-state index >= 15 is 0 Å². The smallest absolute Gasteiger partial charge is 0.255 e. The zero-order valence-corrected chi connectivity index (χ0v) is 20.3. The number of aromatic amines is 1. The van der Waals surface area contributed by atoms with E-state index in [0.29, 0.717) is 12.4 Å². The summed E-state index contributed by atoms with van der Waals surface area (Å²) in [4.78, 5) is 16.1. The lowest BCUT2D eigenvalue weighted by Crippen LogP contribution is -2.52. The Bertz CT molecular complexity index is 1610. The lowest BCUT2D eigenvalue weighted by molar-refractivity contribution is 0.0371. The van der Waals surface area contributed by atoms with Crippen molar-refractivity contribution in [1.82, 2.24) is 25.5 Å². The predicted octanol–water partition coefficient (Wildman–Crippen LogP) is 5.57. The van der Waals surface area contributed by atoms with Crippen molar-refractivity contribution in [3.05, 3.63) is 125 Å². The van der Waals surface area contributed by atoms with Crippen LogP contribution in [0.3, 0.4) is 0 Å². The summed E-state index contributed by atoms with van der Waals surface area (Å²) in [5, 5.41) is 14.6. The number of nitrogens with zero attached hydrogens (tertiary/aromatic N) is 4. The van der Waals surface area contributed by atoms with Crippen molar-refractivity contribution in [3.63, 3.8) is 0 Å². The molecule has 0 bridgehead atoms. The molecule has 0 saturated carbocycles. The highest BCUT2D eigenvalue weighted by Crippen LogP contribution is 2.48. The number of fused-ring (bicyclic) bond motifs is 3. The molecule has 1 unspecified atom stereocenters. The Morgan fingerprint density at radius 3 is 2.27 bits per heavy atom. The summed E-state index contributed by atoms with van der Waals surface area (Å²) in [6.45, 7) is 0.564. The molecule has 1 N–H and O–H groups in total. The van der Waals surface area contributed by atoms with Crippen LogP contribution in [0.4, 0.5) is 0 Å². The largest absolute Gasteiger partial charge is 0.324 e. The van der Waals surface area contributed by atoms with E-state index in [0.717, 1.165) is 52.6 Å². The van der Waals surface area contributed by atoms with E-state index in [4.69, 9.17) is 0 Å². The monoisotopic (exact) mass is 483 g/mol. The molecule has 1 spiro atoms. The van der Waals surface area contributed by atoms with Gasteiger partial charge in [-0.2, -0.15) is 5.21 Å². The minimum atomic E-state index is -0.314. The maximum atomic E-state index is 14.0. The molecule has 0 fully saturated rings. The third kappa shape index (κ3) is 3.48. The molecule has 2 heterocycles. The van der Waals surface area contributed by atoms with E-state index in [2.05, 4.69) is 86.2 Å². The Morgan fingerprint density at radius 1 is 0.784 bits per heavy atom. The number of carbonyl (C=O) groups excluding carboxylic acids is 1. The van der Waals surface area contributed by atoms with Crippen molar-refractivity contribution in [2.24, 2.45) is 0 Å². The summed E-state index contributed by atoms with van der Waals surface area (Å²) < 4.78 is 0. The van der Waals surface area contributed by atoms with Crippen molar-refractivity contribution in [2.75, 3.05) is 0 Å². The standard InChI is InChI=1S/C31H25N5O/c37-30-26-10-3-1-8-24(26)19-31(18-17-23-7-2-6-12-28(23)31)36(30)20-21-13-15-22(16-14-21)25-9-4-5-11-27(25)29-32-34-35-33-29/h1-16H,17-20H2,(H,32,33,34,35). The van der Waals surface area contributed by atoms with Gasteiger partial charge in [0.05, 0.1) is 5.54 Å². The molecule has 1 aromatic heterocycles. The maximum absolute atomic E-state index is 14.0. The topological polar surface area (TPSA) is 74.8 Å². The fourth-order valence-electron chi connectivity index (χ4n) is 6.17. The first kappa shape index (κ1) is 21.7. The summed E-state index contributed by atoms with van der Waals surface area (Å²) in [5.74, 6) is 0.684. The third-order valence-corrected chi connectivity index (χ3v) is 7.94. The summed E-state index contributed by atoms with van der Waals surface area (Å²) >= 11 is 0. The van der Waals surface area contributed by atoms with Crippen LogP contribution in [-0.2, 0) is 24.9 Å². The van der Waals surface area contributed by atoms with E-state index in [9.17, 15) is 4.79 Å². The van der Waals surface area contributed by atoms with Crippen LogP contribution in [-0.4, -0.2) is 31.4 Å². The number of benzene rings is 4. The number of carbonyl (C=O) groups is 1. The highest BCUT2D eigenvalue weighted by molar-refractivity contribution is 5.97. The minimum Gasteiger partial charge on any atom is -0.324 e. The molecule has 180 valence electrons. The van der Waals surface area contributed by atoms with Crippen LogP contribution < -0.4 is 0 Å². The lowest BCUT2D eigenvalue weighted by atomic mass is 9.78. The molecule has 0 saturated heterocycles. The van der Waals surface area contributed by atoms with Gasteiger partial charge in [0.2, 0.25) is 5.82 Å². The first-order valence-corrected chi connectivity index (χ1v) is 12.6. The van der Waals surface area contributed by atoms with Crippen molar-refractivity contribution in [3.8, 4) is 22.5 Å². The van der Waals surface area contributed by atoms with Crippen molar-refractivity contribution >= 4 is 5.91 Å². The summed E-state index contributed by atoms with van der Waals surface area (Å²) in [7, 11) is 0. The fraction of sp³-hybridized carbons (Fsp3) is 0.161. The molecule has 37 heavy (non-hydrogen) atoms. The van der Waals surface area contributed by atoms with E-state index in [1.165, 1.54) is 11.1 Å². The number of aromatic nitrogens is 4. The molecule has 0 radical (unpaired) electrons. The number of amides is 1. The molecule has 6 nitrogen and oxygen atoms in total. The number of nitrogens with one attached hydrogen (secondary N) is 1. The van der Waals surface area contributed by atoms with Gasteiger partial charge >= 0.3 is 0 Å². The quantitative estimate of drug-likeness (QED) is 0.362. The van der Waals surface area contributed by atoms with E-state index in [-0.39, 0.29) is 11.4 Å². The summed E-state index contributed by atoms with van der Waals surface area (Å²) in [5.41, 5.74) is 8.45. The third-order valence-electron chi connectivity index (χ3n) is 7.94. The SMILES string of the molecule is O=C1c2ccccc2CC2(CCc3ccccc32)N1Cc1ccc(-c2ccccc2-c2nn[nH]n2)cc1. The van der Waals surface area contributed by atoms with Gasteiger partial charge in [-0.3, -0.25) is 4.79 Å². The number of tetrazole rings is 1. The molecule has 6 heteroatoms. The Balaban J connectivity index is 1.26. The van der Waals surface area contributed by atoms with Gasteiger partial charge < -0.3 is 4.90 Å². The van der Waals surface area contributed by atoms with Crippen LogP contribution in [0.2, 0.25) is 0 Å². The van der Waals surface area contributed by atoms with E-state index in [1.807, 2.05) is 36.4 Å². The van der Waals surface area contributed by atoms with Gasteiger partial charge in [0.25, 0.3) is 5.91 Å². The second-order valence-corrected chi connectivity index (χ2v) is 9.89. The zero-order valence-electron chi connectivity index (χ0n) is 20.3. The molecule has 1 atom stereocenters. The van der Waals surface area contributed by atoms with Crippen molar-refractivity contribution in [2.45, 2.75) is 31.3 Å². The van der Waals surface area contributed by atoms with Crippen LogP contribution >= 0.6 is 0 Å². The second-order valence-electron chi connectivity index (χ2n) is 9.89. The average molecular weight is 484 g/mol. The van der Waals surface area contributed by atoms with Gasteiger partial charge in [0.15, 0.2) is 0 Å². The number of H-pyrrole nitrogens is 1. The number of rotatable bonds is 4. The normalized spacial score (nSPS) is 18.2. The molecular weight excluding hydrogens is 458 g/mol. The van der Waals surface area contributed by atoms with E-state index < -0.39 is 0 Å². The number of hydrogen-bond donors (Lipinski definition) is 1. The Morgan fingerprint density at radius 2 is 1.49 bits per heavy atom. The van der Waals surface area contributed by atoms with Crippen LogP contribution in [0.5, 0.6) is 0 Å². The molecule has 1 amide bonds. The molecule has 1 aliphatic carbocycles. The highest BCUT2D eigenvalue weighted by Gasteiger charge is 2.49. The average Bonchev–Trinajstić information content (AvgIpc) is 3.61. The summed E-state index contributed by atoms with van der Waals surface area (Å²) in [6, 6.07) is 33.3. The molecular formula is C31H25N5O. The predicted molar refractivity (Wildman–Crippen MR) is 142 cm³/mol. The molecule has 2 aliphatic rings. The summed E-state index contributed by atoms with van der Waals surface area (Å²) in [6.07, 6.45) is 2.79. The van der Waals surface area contributed by atoms with Crippen molar-refractivity contribution in [1.29, 1.82) is 0 Å². The Labute approximate surface area is 215 Å². The Hall–Kier alpha value is -4.58. The first-order chi connectivity index (χ1) is 18.2.